The van der Waals surface area contributed by atoms with Gasteiger partial charge in [-0.05, 0) is 63.9 Å². The molecule has 1 saturated heterocycles. The summed E-state index contributed by atoms with van der Waals surface area (Å²) in [5, 5.41) is 21.9. The highest BCUT2D eigenvalue weighted by molar-refractivity contribution is 7.07. The number of aromatic nitrogens is 2. The van der Waals surface area contributed by atoms with E-state index < -0.39 is 5.82 Å². The van der Waals surface area contributed by atoms with Gasteiger partial charge in [-0.15, -0.1) is 16.9 Å². The third-order valence-electron chi connectivity index (χ3n) is 8.02. The average molecular weight is 653 g/mol. The number of piperidine rings is 1. The Labute approximate surface area is 269 Å². The molecule has 4 heterocycles. The van der Waals surface area contributed by atoms with E-state index in [0.717, 1.165) is 37.3 Å². The quantitative estimate of drug-likeness (QED) is 0.163. The molecule has 0 aliphatic carbocycles. The summed E-state index contributed by atoms with van der Waals surface area (Å²) in [6.45, 7) is 8.87. The first-order chi connectivity index (χ1) is 21.1. The fourth-order valence-corrected chi connectivity index (χ4v) is 6.65. The summed E-state index contributed by atoms with van der Waals surface area (Å²) in [7, 11) is 0. The average Bonchev–Trinajstić information content (AvgIpc) is 3.71. The predicted octanol–water partition coefficient (Wildman–Crippen LogP) is 7.33. The van der Waals surface area contributed by atoms with Crippen molar-refractivity contribution in [3.05, 3.63) is 86.4 Å². The van der Waals surface area contributed by atoms with Gasteiger partial charge in [-0.3, -0.25) is 14.9 Å². The molecule has 44 heavy (non-hydrogen) atoms. The third kappa shape index (κ3) is 6.27. The molecule has 1 atom stereocenters. The molecule has 228 valence electrons. The molecule has 4 aromatic rings. The van der Waals surface area contributed by atoms with Gasteiger partial charge in [-0.2, -0.15) is 5.26 Å². The normalized spacial score (nSPS) is 16.8. The largest absolute Gasteiger partial charge is 0.371 e. The van der Waals surface area contributed by atoms with E-state index >= 15 is 0 Å². The number of nitrogens with zero attached hydrogens (tertiary/aromatic N) is 5. The maximum Gasteiger partial charge on any atom is 0.141 e. The van der Waals surface area contributed by atoms with Crippen molar-refractivity contribution in [2.24, 2.45) is 0 Å². The van der Waals surface area contributed by atoms with E-state index in [1.54, 1.807) is 11.6 Å². The summed E-state index contributed by atoms with van der Waals surface area (Å²) in [5.41, 5.74) is 13.0. The highest BCUT2D eigenvalue weighted by atomic mass is 35.5. The van der Waals surface area contributed by atoms with Crippen LogP contribution in [0.2, 0.25) is 10.0 Å². The molecule has 4 N–H and O–H groups in total. The molecule has 13 heteroatoms. The highest BCUT2D eigenvalue weighted by Crippen LogP contribution is 2.37. The van der Waals surface area contributed by atoms with Gasteiger partial charge in [0.2, 0.25) is 0 Å². The van der Waals surface area contributed by atoms with Crippen LogP contribution in [0, 0.1) is 17.1 Å². The number of hydrazine groups is 2. The molecule has 1 fully saturated rings. The zero-order valence-corrected chi connectivity index (χ0v) is 26.8. The molecule has 0 radical (unpaired) electrons. The minimum absolute atomic E-state index is 0.0295. The Balaban J connectivity index is 1.31. The maximum atomic E-state index is 13.8. The molecule has 6 rings (SSSR count). The van der Waals surface area contributed by atoms with Crippen molar-refractivity contribution in [1.29, 1.82) is 5.26 Å². The molecular weight excluding hydrogens is 620 g/mol. The highest BCUT2D eigenvalue weighted by Gasteiger charge is 2.32. The second-order valence-corrected chi connectivity index (χ2v) is 13.4. The number of halogens is 3. The predicted molar refractivity (Wildman–Crippen MR) is 175 cm³/mol. The Kier molecular flexibility index (Phi) is 8.55. The summed E-state index contributed by atoms with van der Waals surface area (Å²) in [6, 6.07) is 10.2. The van der Waals surface area contributed by atoms with Gasteiger partial charge in [0, 0.05) is 59.2 Å². The Morgan fingerprint density at radius 3 is 2.57 bits per heavy atom. The number of benzene rings is 2. The van der Waals surface area contributed by atoms with Crippen LogP contribution in [0.15, 0.2) is 59.3 Å². The van der Waals surface area contributed by atoms with E-state index in [9.17, 15) is 9.65 Å². The van der Waals surface area contributed by atoms with Gasteiger partial charge in [-0.1, -0.05) is 23.2 Å². The van der Waals surface area contributed by atoms with Gasteiger partial charge < -0.3 is 16.1 Å². The Hall–Kier alpha value is -3.66. The number of nitrogens with one attached hydrogen (secondary N) is 4. The second kappa shape index (κ2) is 12.4. The fourth-order valence-electron chi connectivity index (χ4n) is 5.62. The standard InChI is InChI=1S/C31H32Cl2FN9S/c1-31(2,3)42-8-6-21(7-9-42)43-15-26(40-41-43)30(27-16-44-17-37-27)39-20-10-22-28(38-19-4-5-25(34)23(32)11-19)18(13-35)14-36-29(22)24(33)12-20/h4-5,10-12,14-17,21,30,39-41H,6-9H2,1-3H3,(H,36,38)/t30-/m1/s1. The topological polar surface area (TPSA) is 104 Å². The van der Waals surface area contributed by atoms with Crippen LogP contribution in [0.5, 0.6) is 0 Å². The van der Waals surface area contributed by atoms with Gasteiger partial charge in [0.1, 0.15) is 17.9 Å². The van der Waals surface area contributed by atoms with E-state index in [2.05, 4.69) is 74.5 Å². The molecule has 0 spiro atoms. The molecular formula is C31H32Cl2FN9S. The molecule has 2 aromatic heterocycles. The summed E-state index contributed by atoms with van der Waals surface area (Å²) in [6.07, 6.45) is 5.67. The van der Waals surface area contributed by atoms with Crippen molar-refractivity contribution in [1.82, 2.24) is 30.8 Å². The van der Waals surface area contributed by atoms with E-state index in [4.69, 9.17) is 23.2 Å². The molecule has 2 aliphatic rings. The molecule has 2 aromatic carbocycles. The van der Waals surface area contributed by atoms with Crippen molar-refractivity contribution in [2.75, 3.05) is 23.7 Å². The lowest BCUT2D eigenvalue weighted by Gasteiger charge is -2.42. The van der Waals surface area contributed by atoms with Crippen LogP contribution in [0.3, 0.4) is 0 Å². The lowest BCUT2D eigenvalue weighted by molar-refractivity contribution is 0.0570. The van der Waals surface area contributed by atoms with E-state index in [1.165, 1.54) is 29.7 Å². The first-order valence-electron chi connectivity index (χ1n) is 14.3. The van der Waals surface area contributed by atoms with Gasteiger partial charge in [-0.25, -0.2) is 9.37 Å². The number of fused-ring (bicyclic) bond motifs is 1. The summed E-state index contributed by atoms with van der Waals surface area (Å²) in [5.74, 6) is -0.529. The van der Waals surface area contributed by atoms with Crippen LogP contribution in [0.4, 0.5) is 21.5 Å². The first kappa shape index (κ1) is 30.4. The Bertz CT molecular complexity index is 1740. The Morgan fingerprint density at radius 1 is 1.11 bits per heavy atom. The second-order valence-electron chi connectivity index (χ2n) is 11.9. The molecule has 0 unspecified atom stereocenters. The zero-order valence-electron chi connectivity index (χ0n) is 24.5. The molecule has 0 saturated carbocycles. The fraction of sp³-hybridized carbons (Fsp3) is 0.323. The van der Waals surface area contributed by atoms with Gasteiger partial charge in [0.15, 0.2) is 0 Å². The minimum Gasteiger partial charge on any atom is -0.371 e. The number of likely N-dealkylation sites (tertiary alicyclic amines) is 1. The molecule has 9 nitrogen and oxygen atoms in total. The van der Waals surface area contributed by atoms with Crippen LogP contribution in [0.25, 0.3) is 10.9 Å². The monoisotopic (exact) mass is 651 g/mol. The van der Waals surface area contributed by atoms with Crippen LogP contribution in [-0.2, 0) is 0 Å². The van der Waals surface area contributed by atoms with Crippen LogP contribution < -0.4 is 21.6 Å². The number of thiazole rings is 1. The van der Waals surface area contributed by atoms with Crippen molar-refractivity contribution in [3.63, 3.8) is 0 Å². The summed E-state index contributed by atoms with van der Waals surface area (Å²) >= 11 is 14.3. The number of rotatable bonds is 7. The molecule has 0 amide bonds. The zero-order chi connectivity index (χ0) is 31.0. The van der Waals surface area contributed by atoms with E-state index in [-0.39, 0.29) is 16.6 Å². The number of anilines is 3. The van der Waals surface area contributed by atoms with E-state index in [0.29, 0.717) is 44.6 Å². The van der Waals surface area contributed by atoms with Crippen molar-refractivity contribution in [2.45, 2.75) is 51.2 Å². The van der Waals surface area contributed by atoms with Crippen molar-refractivity contribution >= 4 is 62.5 Å². The third-order valence-corrected chi connectivity index (χ3v) is 9.20. The number of nitriles is 1. The van der Waals surface area contributed by atoms with Crippen LogP contribution >= 0.6 is 34.5 Å². The SMILES string of the molecule is CC(C)(C)N1CCC(N2C=C([C@@H](Nc3cc(Cl)c4ncc(C#N)c(Nc5ccc(F)c(Cl)c5)c4c3)c3cscn3)NN2)CC1. The van der Waals surface area contributed by atoms with E-state index in [1.807, 2.05) is 17.5 Å². The lowest BCUT2D eigenvalue weighted by Crippen LogP contribution is -2.52. The van der Waals surface area contributed by atoms with Crippen LogP contribution in [0.1, 0.15) is 50.9 Å². The number of hydrogen-bond donors (Lipinski definition) is 4. The molecule has 0 bridgehead atoms. The lowest BCUT2D eigenvalue weighted by atomic mass is 9.98. The van der Waals surface area contributed by atoms with Crippen molar-refractivity contribution < 1.29 is 4.39 Å². The Morgan fingerprint density at radius 2 is 1.89 bits per heavy atom. The molecule has 2 aliphatic heterocycles. The smallest absolute Gasteiger partial charge is 0.141 e. The van der Waals surface area contributed by atoms with Crippen LogP contribution in [-0.4, -0.2) is 44.5 Å². The number of pyridine rings is 1. The number of hydrogen-bond acceptors (Lipinski definition) is 10. The van der Waals surface area contributed by atoms with Crippen molar-refractivity contribution in [3.8, 4) is 6.07 Å². The first-order valence-corrected chi connectivity index (χ1v) is 16.0. The summed E-state index contributed by atoms with van der Waals surface area (Å²) < 4.78 is 13.8. The van der Waals surface area contributed by atoms with Gasteiger partial charge in [0.05, 0.1) is 43.7 Å². The van der Waals surface area contributed by atoms with Gasteiger partial charge in [0.25, 0.3) is 0 Å². The van der Waals surface area contributed by atoms with Gasteiger partial charge >= 0.3 is 0 Å². The minimum atomic E-state index is -0.529. The summed E-state index contributed by atoms with van der Waals surface area (Å²) in [4.78, 5) is 11.6. The maximum absolute atomic E-state index is 13.8.